The SMILES string of the molecule is CN(C)C(=O)COc1ccc(NC(=O)NCCc2ccc(Cl)cc2Cl)cc1. The van der Waals surface area contributed by atoms with E-state index < -0.39 is 0 Å². The number of likely N-dealkylation sites (N-methyl/N-ethyl adjacent to an activating group) is 1. The van der Waals surface area contributed by atoms with Gasteiger partial charge in [0.05, 0.1) is 0 Å². The van der Waals surface area contributed by atoms with E-state index in [-0.39, 0.29) is 18.5 Å². The highest BCUT2D eigenvalue weighted by Gasteiger charge is 2.06. The van der Waals surface area contributed by atoms with Crippen LogP contribution in [0.1, 0.15) is 5.56 Å². The van der Waals surface area contributed by atoms with Crippen molar-refractivity contribution in [1.82, 2.24) is 10.2 Å². The lowest BCUT2D eigenvalue weighted by molar-refractivity contribution is -0.130. The molecule has 2 aromatic rings. The van der Waals surface area contributed by atoms with Gasteiger partial charge in [0.15, 0.2) is 6.61 Å². The number of carbonyl (C=O) groups excluding carboxylic acids is 2. The predicted octanol–water partition coefficient (Wildman–Crippen LogP) is 3.82. The van der Waals surface area contributed by atoms with Gasteiger partial charge in [0.25, 0.3) is 5.91 Å². The molecule has 3 amide bonds. The normalized spacial score (nSPS) is 10.2. The third-order valence-electron chi connectivity index (χ3n) is 3.67. The molecule has 0 aromatic heterocycles. The average Bonchev–Trinajstić information content (AvgIpc) is 2.62. The summed E-state index contributed by atoms with van der Waals surface area (Å²) in [6, 6.07) is 11.7. The van der Waals surface area contributed by atoms with E-state index in [0.717, 1.165) is 5.56 Å². The molecule has 27 heavy (non-hydrogen) atoms. The van der Waals surface area contributed by atoms with Gasteiger partial charge in [0.1, 0.15) is 5.75 Å². The minimum absolute atomic E-state index is 0.0342. The van der Waals surface area contributed by atoms with Crippen molar-refractivity contribution in [3.63, 3.8) is 0 Å². The van der Waals surface area contributed by atoms with Gasteiger partial charge in [-0.15, -0.1) is 0 Å². The maximum absolute atomic E-state index is 12.0. The van der Waals surface area contributed by atoms with Crippen LogP contribution < -0.4 is 15.4 Å². The number of anilines is 1. The Morgan fingerprint density at radius 3 is 2.41 bits per heavy atom. The van der Waals surface area contributed by atoms with Gasteiger partial charge in [-0.3, -0.25) is 4.79 Å². The Labute approximate surface area is 168 Å². The first-order valence-corrected chi connectivity index (χ1v) is 9.02. The van der Waals surface area contributed by atoms with E-state index in [4.69, 9.17) is 27.9 Å². The van der Waals surface area contributed by atoms with E-state index in [1.54, 1.807) is 50.5 Å². The van der Waals surface area contributed by atoms with Gasteiger partial charge in [-0.25, -0.2) is 4.79 Å². The molecule has 0 aliphatic carbocycles. The summed E-state index contributed by atoms with van der Waals surface area (Å²) in [6.07, 6.45) is 0.593. The van der Waals surface area contributed by atoms with Crippen LogP contribution in [0.2, 0.25) is 10.0 Å². The molecule has 0 heterocycles. The number of halogens is 2. The van der Waals surface area contributed by atoms with E-state index in [9.17, 15) is 9.59 Å². The molecule has 0 aliphatic rings. The first-order chi connectivity index (χ1) is 12.8. The van der Waals surface area contributed by atoms with Crippen molar-refractivity contribution in [1.29, 1.82) is 0 Å². The zero-order valence-electron chi connectivity index (χ0n) is 15.1. The Kier molecular flexibility index (Phi) is 7.76. The smallest absolute Gasteiger partial charge is 0.319 e. The molecule has 0 aliphatic heterocycles. The number of ether oxygens (including phenoxy) is 1. The van der Waals surface area contributed by atoms with E-state index in [1.807, 2.05) is 6.07 Å². The van der Waals surface area contributed by atoms with Crippen LogP contribution >= 0.6 is 23.2 Å². The fraction of sp³-hybridized carbons (Fsp3) is 0.263. The van der Waals surface area contributed by atoms with Crippen LogP contribution in [0.5, 0.6) is 5.75 Å². The molecule has 0 saturated heterocycles. The number of carbonyl (C=O) groups is 2. The van der Waals surface area contributed by atoms with Gasteiger partial charge >= 0.3 is 6.03 Å². The first-order valence-electron chi connectivity index (χ1n) is 8.27. The highest BCUT2D eigenvalue weighted by Crippen LogP contribution is 2.21. The monoisotopic (exact) mass is 409 g/mol. The highest BCUT2D eigenvalue weighted by atomic mass is 35.5. The molecule has 0 spiro atoms. The zero-order valence-corrected chi connectivity index (χ0v) is 16.6. The van der Waals surface area contributed by atoms with Gasteiger partial charge in [-0.2, -0.15) is 0 Å². The molecule has 0 saturated carbocycles. The molecule has 8 heteroatoms. The van der Waals surface area contributed by atoms with E-state index in [2.05, 4.69) is 10.6 Å². The van der Waals surface area contributed by atoms with E-state index in [0.29, 0.717) is 34.4 Å². The summed E-state index contributed by atoms with van der Waals surface area (Å²) < 4.78 is 5.38. The first kappa shape index (κ1) is 20.9. The molecule has 2 N–H and O–H groups in total. The van der Waals surface area contributed by atoms with Crippen molar-refractivity contribution in [2.45, 2.75) is 6.42 Å². The lowest BCUT2D eigenvalue weighted by Gasteiger charge is -2.12. The second-order valence-corrected chi connectivity index (χ2v) is 6.81. The van der Waals surface area contributed by atoms with Crippen molar-refractivity contribution in [3.05, 3.63) is 58.1 Å². The highest BCUT2D eigenvalue weighted by molar-refractivity contribution is 6.35. The maximum Gasteiger partial charge on any atom is 0.319 e. The van der Waals surface area contributed by atoms with Gasteiger partial charge in [-0.1, -0.05) is 29.3 Å². The second kappa shape index (κ2) is 10.0. The Morgan fingerprint density at radius 1 is 1.07 bits per heavy atom. The Hall–Kier alpha value is -2.44. The fourth-order valence-corrected chi connectivity index (χ4v) is 2.62. The molecular formula is C19H21Cl2N3O3. The molecule has 0 unspecified atom stereocenters. The summed E-state index contributed by atoms with van der Waals surface area (Å²) in [5.74, 6) is 0.422. The molecular weight excluding hydrogens is 389 g/mol. The van der Waals surface area contributed by atoms with Crippen LogP contribution in [0.3, 0.4) is 0 Å². The fourth-order valence-electron chi connectivity index (χ4n) is 2.12. The molecule has 2 aromatic carbocycles. The third kappa shape index (κ3) is 7.00. The topological polar surface area (TPSA) is 70.7 Å². The quantitative estimate of drug-likeness (QED) is 0.729. The molecule has 0 bridgehead atoms. The van der Waals surface area contributed by atoms with Crippen LogP contribution in [-0.2, 0) is 11.2 Å². The van der Waals surface area contributed by atoms with Crippen molar-refractivity contribution in [3.8, 4) is 5.75 Å². The molecule has 6 nitrogen and oxygen atoms in total. The third-order valence-corrected chi connectivity index (χ3v) is 4.26. The van der Waals surface area contributed by atoms with Gasteiger partial charge in [0.2, 0.25) is 0 Å². The summed E-state index contributed by atoms with van der Waals surface area (Å²) in [7, 11) is 3.33. The Bertz CT molecular complexity index is 795. The van der Waals surface area contributed by atoms with Crippen LogP contribution in [-0.4, -0.2) is 44.1 Å². The van der Waals surface area contributed by atoms with Crippen LogP contribution in [0.4, 0.5) is 10.5 Å². The molecule has 0 atom stereocenters. The Morgan fingerprint density at radius 2 is 1.78 bits per heavy atom. The van der Waals surface area contributed by atoms with Gasteiger partial charge in [-0.05, 0) is 48.4 Å². The van der Waals surface area contributed by atoms with E-state index >= 15 is 0 Å². The van der Waals surface area contributed by atoms with Gasteiger partial charge in [0, 0.05) is 36.4 Å². The number of benzene rings is 2. The largest absolute Gasteiger partial charge is 0.484 e. The molecule has 144 valence electrons. The lowest BCUT2D eigenvalue weighted by Crippen LogP contribution is -2.30. The van der Waals surface area contributed by atoms with Crippen molar-refractivity contribution in [2.75, 3.05) is 32.6 Å². The summed E-state index contributed by atoms with van der Waals surface area (Å²) >= 11 is 12.0. The summed E-state index contributed by atoms with van der Waals surface area (Å²) in [4.78, 5) is 24.9. The molecule has 2 rings (SSSR count). The van der Waals surface area contributed by atoms with Crippen molar-refractivity contribution >= 4 is 40.8 Å². The van der Waals surface area contributed by atoms with Crippen molar-refractivity contribution < 1.29 is 14.3 Å². The van der Waals surface area contributed by atoms with E-state index in [1.165, 1.54) is 4.90 Å². The second-order valence-electron chi connectivity index (χ2n) is 5.97. The number of amides is 3. The minimum Gasteiger partial charge on any atom is -0.484 e. The predicted molar refractivity (Wildman–Crippen MR) is 108 cm³/mol. The van der Waals surface area contributed by atoms with Gasteiger partial charge < -0.3 is 20.3 Å². The minimum atomic E-state index is -0.323. The number of hydrogen-bond donors (Lipinski definition) is 2. The molecule has 0 fully saturated rings. The van der Waals surface area contributed by atoms with Crippen LogP contribution in [0, 0.1) is 0 Å². The van der Waals surface area contributed by atoms with Crippen molar-refractivity contribution in [2.24, 2.45) is 0 Å². The van der Waals surface area contributed by atoms with Crippen LogP contribution in [0.15, 0.2) is 42.5 Å². The number of nitrogens with zero attached hydrogens (tertiary/aromatic N) is 1. The summed E-state index contributed by atoms with van der Waals surface area (Å²) in [5, 5.41) is 6.65. The number of rotatable bonds is 7. The molecule has 0 radical (unpaired) electrons. The zero-order chi connectivity index (χ0) is 19.8. The standard InChI is InChI=1S/C19H21Cl2N3O3/c1-24(2)18(25)12-27-16-7-5-15(6-8-16)23-19(26)22-10-9-13-3-4-14(20)11-17(13)21/h3-8,11H,9-10,12H2,1-2H3,(H2,22,23,26). The number of nitrogens with one attached hydrogen (secondary N) is 2. The summed E-state index contributed by atoms with van der Waals surface area (Å²) in [6.45, 7) is 0.397. The van der Waals surface area contributed by atoms with Crippen LogP contribution in [0.25, 0.3) is 0 Å². The average molecular weight is 410 g/mol. The lowest BCUT2D eigenvalue weighted by atomic mass is 10.1. The summed E-state index contributed by atoms with van der Waals surface area (Å²) in [5.41, 5.74) is 1.53. The number of hydrogen-bond acceptors (Lipinski definition) is 3. The Balaban J connectivity index is 1.76. The maximum atomic E-state index is 12.0. The number of urea groups is 1.